The van der Waals surface area contributed by atoms with Crippen molar-refractivity contribution in [2.24, 2.45) is 0 Å². The number of hydrogen-bond acceptors (Lipinski definition) is 3. The van der Waals surface area contributed by atoms with Gasteiger partial charge in [0.25, 0.3) is 0 Å². The van der Waals surface area contributed by atoms with Gasteiger partial charge in [-0.3, -0.25) is 0 Å². The van der Waals surface area contributed by atoms with Gasteiger partial charge in [0.2, 0.25) is 0 Å². The molecular formula is C9H20N2O2S. The van der Waals surface area contributed by atoms with Gasteiger partial charge in [-0.25, -0.2) is 13.7 Å². The maximum Gasteiger partial charge on any atom is 0.107 e. The summed E-state index contributed by atoms with van der Waals surface area (Å²) in [6.45, 7) is 3.58. The van der Waals surface area contributed by atoms with E-state index in [1.54, 1.807) is 13.8 Å². The summed E-state index contributed by atoms with van der Waals surface area (Å²) in [5.74, 6) is 0. The summed E-state index contributed by atoms with van der Waals surface area (Å²) in [6, 6.07) is 0.144. The Hall–Kier alpha value is -0.130. The monoisotopic (exact) mass is 220 g/mol. The highest BCUT2D eigenvalue weighted by molar-refractivity contribution is 7.91. The molecule has 0 spiro atoms. The Morgan fingerprint density at radius 2 is 1.86 bits per heavy atom. The summed E-state index contributed by atoms with van der Waals surface area (Å²) < 4.78 is 22.2. The van der Waals surface area contributed by atoms with E-state index in [-0.39, 0.29) is 17.4 Å². The molecule has 1 aliphatic carbocycles. The highest BCUT2D eigenvalue weighted by Crippen LogP contribution is 2.19. The van der Waals surface area contributed by atoms with Crippen molar-refractivity contribution in [1.29, 1.82) is 4.78 Å². The molecule has 0 heterocycles. The summed E-state index contributed by atoms with van der Waals surface area (Å²) in [4.78, 5) is 0. The molecule has 1 unspecified atom stereocenters. The molecule has 0 bridgehead atoms. The second-order valence-electron chi connectivity index (χ2n) is 4.27. The van der Waals surface area contributed by atoms with E-state index in [9.17, 15) is 9.32 Å². The third-order valence-corrected chi connectivity index (χ3v) is 4.71. The lowest BCUT2D eigenvalue weighted by molar-refractivity contribution is 0.121. The van der Waals surface area contributed by atoms with Gasteiger partial charge < -0.3 is 5.11 Å². The van der Waals surface area contributed by atoms with Crippen molar-refractivity contribution in [3.63, 3.8) is 0 Å². The predicted octanol–water partition coefficient (Wildman–Crippen LogP) is 1.25. The van der Waals surface area contributed by atoms with E-state index in [0.29, 0.717) is 0 Å². The lowest BCUT2D eigenvalue weighted by atomic mass is 9.94. The number of nitrogens with one attached hydrogen (secondary N) is 2. The first kappa shape index (κ1) is 11.9. The molecule has 0 aromatic heterocycles. The van der Waals surface area contributed by atoms with Crippen LogP contribution < -0.4 is 4.72 Å². The van der Waals surface area contributed by atoms with Gasteiger partial charge in [0.15, 0.2) is 0 Å². The second kappa shape index (κ2) is 4.59. The number of aliphatic hydroxyl groups excluding tert-OH is 1. The van der Waals surface area contributed by atoms with Crippen LogP contribution in [0, 0.1) is 4.78 Å². The largest absolute Gasteiger partial charge is 0.393 e. The predicted molar refractivity (Wildman–Crippen MR) is 57.4 cm³/mol. The molecule has 3 N–H and O–H groups in total. The maximum absolute atomic E-state index is 11.7. The smallest absolute Gasteiger partial charge is 0.107 e. The van der Waals surface area contributed by atoms with Gasteiger partial charge in [-0.05, 0) is 39.5 Å². The first-order chi connectivity index (χ1) is 6.42. The van der Waals surface area contributed by atoms with Gasteiger partial charge in [0.05, 0.1) is 11.4 Å². The van der Waals surface area contributed by atoms with Crippen LogP contribution in [0.25, 0.3) is 0 Å². The number of hydrogen-bond donors (Lipinski definition) is 3. The fourth-order valence-corrected chi connectivity index (χ4v) is 2.58. The van der Waals surface area contributed by atoms with Crippen molar-refractivity contribution < 1.29 is 9.32 Å². The average molecular weight is 220 g/mol. The van der Waals surface area contributed by atoms with Crippen molar-refractivity contribution in [2.45, 2.75) is 56.9 Å². The van der Waals surface area contributed by atoms with Crippen molar-refractivity contribution in [3.05, 3.63) is 0 Å². The third kappa shape index (κ3) is 3.22. The molecule has 0 amide bonds. The van der Waals surface area contributed by atoms with Crippen LogP contribution in [-0.4, -0.2) is 26.7 Å². The van der Waals surface area contributed by atoms with Crippen LogP contribution in [0.15, 0.2) is 0 Å². The molecule has 4 nitrogen and oxygen atoms in total. The molecule has 0 aliphatic heterocycles. The van der Waals surface area contributed by atoms with Crippen LogP contribution in [0.1, 0.15) is 39.5 Å². The molecule has 1 aliphatic rings. The third-order valence-electron chi connectivity index (χ3n) is 2.70. The Kier molecular flexibility index (Phi) is 3.92. The minimum Gasteiger partial charge on any atom is -0.393 e. The van der Waals surface area contributed by atoms with Gasteiger partial charge in [-0.2, -0.15) is 0 Å². The van der Waals surface area contributed by atoms with Crippen molar-refractivity contribution in [2.75, 3.05) is 0 Å². The molecule has 1 saturated carbocycles. The average Bonchev–Trinajstić information content (AvgIpc) is 2.08. The summed E-state index contributed by atoms with van der Waals surface area (Å²) in [6.07, 6.45) is 2.96. The summed E-state index contributed by atoms with van der Waals surface area (Å²) in [7, 11) is -2.65. The molecule has 84 valence electrons. The van der Waals surface area contributed by atoms with Gasteiger partial charge in [0, 0.05) is 6.04 Å². The molecule has 1 rings (SSSR count). The zero-order valence-electron chi connectivity index (χ0n) is 8.82. The minimum atomic E-state index is -2.65. The van der Waals surface area contributed by atoms with Gasteiger partial charge in [-0.15, -0.1) is 0 Å². The quantitative estimate of drug-likeness (QED) is 0.669. The standard InChI is InChI=1S/C9H20N2O2S/c1-7(2)14(10,13)11-8-3-5-9(12)6-4-8/h7-9,12H,3-6H2,1-2H3,(H2,10,11,13). The summed E-state index contributed by atoms with van der Waals surface area (Å²) in [5, 5.41) is 9.13. The Morgan fingerprint density at radius 3 is 2.29 bits per heavy atom. The van der Waals surface area contributed by atoms with Crippen molar-refractivity contribution in [1.82, 2.24) is 4.72 Å². The normalized spacial score (nSPS) is 32.9. The van der Waals surface area contributed by atoms with E-state index in [1.807, 2.05) is 0 Å². The van der Waals surface area contributed by atoms with E-state index < -0.39 is 9.92 Å². The fourth-order valence-electron chi connectivity index (χ4n) is 1.58. The van der Waals surface area contributed by atoms with Gasteiger partial charge in [0.1, 0.15) is 9.92 Å². The van der Waals surface area contributed by atoms with E-state index in [1.165, 1.54) is 0 Å². The lowest BCUT2D eigenvalue weighted by Gasteiger charge is -2.27. The molecule has 0 aromatic rings. The van der Waals surface area contributed by atoms with Crippen molar-refractivity contribution >= 4 is 9.92 Å². The molecule has 1 fully saturated rings. The lowest BCUT2D eigenvalue weighted by Crippen LogP contribution is -2.41. The van der Waals surface area contributed by atoms with E-state index in [2.05, 4.69) is 4.72 Å². The van der Waals surface area contributed by atoms with Crippen LogP contribution in [0.3, 0.4) is 0 Å². The zero-order valence-corrected chi connectivity index (χ0v) is 9.64. The number of rotatable bonds is 3. The number of aliphatic hydroxyl groups is 1. The minimum absolute atomic E-state index is 0.144. The Bertz CT molecular complexity index is 267. The Labute approximate surface area is 86.2 Å². The van der Waals surface area contributed by atoms with Crippen LogP contribution in [0.2, 0.25) is 0 Å². The van der Waals surface area contributed by atoms with E-state index in [0.717, 1.165) is 25.7 Å². The molecule has 0 saturated heterocycles. The van der Waals surface area contributed by atoms with Crippen LogP contribution >= 0.6 is 0 Å². The van der Waals surface area contributed by atoms with Gasteiger partial charge in [-0.1, -0.05) is 0 Å². The van der Waals surface area contributed by atoms with Crippen LogP contribution in [0.4, 0.5) is 0 Å². The molecule has 0 aromatic carbocycles. The van der Waals surface area contributed by atoms with E-state index in [4.69, 9.17) is 4.78 Å². The van der Waals surface area contributed by atoms with E-state index >= 15 is 0 Å². The highest BCUT2D eigenvalue weighted by Gasteiger charge is 2.23. The first-order valence-corrected chi connectivity index (χ1v) is 6.77. The summed E-state index contributed by atoms with van der Waals surface area (Å²) >= 11 is 0. The topological polar surface area (TPSA) is 73.2 Å². The molecular weight excluding hydrogens is 200 g/mol. The van der Waals surface area contributed by atoms with Crippen LogP contribution in [-0.2, 0) is 9.92 Å². The zero-order chi connectivity index (χ0) is 10.8. The highest BCUT2D eigenvalue weighted by atomic mass is 32.2. The Morgan fingerprint density at radius 1 is 1.36 bits per heavy atom. The Balaban J connectivity index is 2.46. The molecule has 1 atom stereocenters. The summed E-state index contributed by atoms with van der Waals surface area (Å²) in [5.41, 5.74) is 0. The molecule has 5 heteroatoms. The SMILES string of the molecule is CC(C)S(=N)(=O)NC1CCC(O)CC1. The van der Waals surface area contributed by atoms with Crippen molar-refractivity contribution in [3.8, 4) is 0 Å². The molecule has 0 radical (unpaired) electrons. The fraction of sp³-hybridized carbons (Fsp3) is 1.00. The molecule has 14 heavy (non-hydrogen) atoms. The van der Waals surface area contributed by atoms with Crippen LogP contribution in [0.5, 0.6) is 0 Å². The maximum atomic E-state index is 11.7. The first-order valence-electron chi connectivity index (χ1n) is 5.15. The van der Waals surface area contributed by atoms with Gasteiger partial charge >= 0.3 is 0 Å². The second-order valence-corrected chi connectivity index (χ2v) is 6.65.